The van der Waals surface area contributed by atoms with Crippen molar-refractivity contribution in [2.45, 2.75) is 4.90 Å². The van der Waals surface area contributed by atoms with E-state index in [1.165, 1.54) is 24.5 Å². The molecule has 0 saturated carbocycles. The lowest BCUT2D eigenvalue weighted by Crippen LogP contribution is -1.98. The van der Waals surface area contributed by atoms with Gasteiger partial charge in [0.2, 0.25) is 0 Å². The fourth-order valence-electron chi connectivity index (χ4n) is 2.22. The molecule has 0 amide bonds. The Morgan fingerprint density at radius 1 is 0.826 bits per heavy atom. The third-order valence-electron chi connectivity index (χ3n) is 3.33. The van der Waals surface area contributed by atoms with E-state index in [1.54, 1.807) is 24.3 Å². The quantitative estimate of drug-likeness (QED) is 0.717. The van der Waals surface area contributed by atoms with E-state index in [0.717, 1.165) is 11.9 Å². The van der Waals surface area contributed by atoms with Crippen LogP contribution in [0.3, 0.4) is 0 Å². The van der Waals surface area contributed by atoms with Gasteiger partial charge in [-0.2, -0.15) is 0 Å². The number of benzene rings is 2. The van der Waals surface area contributed by atoms with Crippen molar-refractivity contribution in [1.82, 2.24) is 9.97 Å². The fraction of sp³-hybridized carbons (Fsp3) is 0. The Labute approximate surface area is 135 Å². The summed E-state index contributed by atoms with van der Waals surface area (Å²) >= 11 is 0.982. The summed E-state index contributed by atoms with van der Waals surface area (Å²) in [7, 11) is 0. The molecule has 4 N–H and O–H groups in total. The molecule has 116 valence electrons. The highest BCUT2D eigenvalue weighted by Gasteiger charge is 2.18. The third kappa shape index (κ3) is 2.88. The second-order valence-corrected chi connectivity index (χ2v) is 5.40. The number of rotatable bonds is 3. The number of nitrogens with two attached hydrogens (primary N) is 2. The van der Waals surface area contributed by atoms with Crippen LogP contribution in [0.4, 0.5) is 14.6 Å². The summed E-state index contributed by atoms with van der Waals surface area (Å²) in [6.07, 6.45) is 2.59. The Kier molecular flexibility index (Phi) is 4.22. The van der Waals surface area contributed by atoms with Gasteiger partial charge < -0.3 is 5.73 Å². The van der Waals surface area contributed by atoms with Gasteiger partial charge in [0.15, 0.2) is 11.6 Å². The van der Waals surface area contributed by atoms with Crippen molar-refractivity contribution < 1.29 is 8.78 Å². The summed E-state index contributed by atoms with van der Waals surface area (Å²) in [6.45, 7) is 0. The number of hydrogen-bond donors (Lipinski definition) is 2. The lowest BCUT2D eigenvalue weighted by atomic mass is 10.0. The molecule has 0 aliphatic carbocycles. The Bertz CT molecular complexity index is 853. The number of hydrogen-bond acceptors (Lipinski definition) is 5. The molecule has 3 aromatic rings. The van der Waals surface area contributed by atoms with E-state index in [4.69, 9.17) is 10.9 Å². The van der Waals surface area contributed by atoms with Crippen LogP contribution in [-0.2, 0) is 0 Å². The van der Waals surface area contributed by atoms with Crippen molar-refractivity contribution >= 4 is 17.8 Å². The number of nitrogens with zero attached hydrogens (tertiary/aromatic N) is 2. The molecule has 2 aromatic carbocycles. The van der Waals surface area contributed by atoms with E-state index >= 15 is 0 Å². The molecule has 1 aromatic heterocycles. The standard InChI is InChI=1S/C16H12F2N4S/c17-15-10(9-3-1-2-4-13(9)23-20)5-6-11(16(15)18)12-7-22-14(19)8-21-12/h1-8H,20H2,(H2,19,22). The third-order valence-corrected chi connectivity index (χ3v) is 3.94. The first-order valence-electron chi connectivity index (χ1n) is 6.64. The molecular weight excluding hydrogens is 318 g/mol. The van der Waals surface area contributed by atoms with Gasteiger partial charge in [-0.05, 0) is 29.6 Å². The van der Waals surface area contributed by atoms with Crippen LogP contribution >= 0.6 is 11.9 Å². The highest BCUT2D eigenvalue weighted by atomic mass is 32.2. The summed E-state index contributed by atoms with van der Waals surface area (Å²) in [5, 5.41) is 5.58. The number of anilines is 1. The van der Waals surface area contributed by atoms with Crippen molar-refractivity contribution in [3.63, 3.8) is 0 Å². The van der Waals surface area contributed by atoms with Gasteiger partial charge in [0.05, 0.1) is 18.1 Å². The Hall–Kier alpha value is -2.51. The maximum Gasteiger partial charge on any atom is 0.168 e. The summed E-state index contributed by atoms with van der Waals surface area (Å²) in [4.78, 5) is 8.47. The molecule has 0 saturated heterocycles. The fourth-order valence-corrected chi connectivity index (χ4v) is 2.69. The largest absolute Gasteiger partial charge is 0.382 e. The van der Waals surface area contributed by atoms with Crippen molar-refractivity contribution in [2.75, 3.05) is 5.73 Å². The molecule has 7 heteroatoms. The second kappa shape index (κ2) is 6.31. The van der Waals surface area contributed by atoms with Gasteiger partial charge in [-0.25, -0.2) is 13.8 Å². The lowest BCUT2D eigenvalue weighted by molar-refractivity contribution is 0.513. The summed E-state index contributed by atoms with van der Waals surface area (Å²) in [5.41, 5.74) is 6.36. The van der Waals surface area contributed by atoms with E-state index < -0.39 is 11.6 Å². The highest BCUT2D eigenvalue weighted by molar-refractivity contribution is 7.97. The molecule has 0 unspecified atom stereocenters. The van der Waals surface area contributed by atoms with Crippen LogP contribution < -0.4 is 10.9 Å². The Balaban J connectivity index is 2.13. The van der Waals surface area contributed by atoms with Gasteiger partial charge in [-0.15, -0.1) is 0 Å². The molecule has 0 aliphatic rings. The molecular formula is C16H12F2N4S. The minimum absolute atomic E-state index is 0.0247. The number of nitrogen functional groups attached to an aromatic ring is 1. The monoisotopic (exact) mass is 330 g/mol. The maximum absolute atomic E-state index is 14.5. The van der Waals surface area contributed by atoms with Crippen LogP contribution in [0.2, 0.25) is 0 Å². The minimum Gasteiger partial charge on any atom is -0.382 e. The van der Waals surface area contributed by atoms with Crippen LogP contribution in [0, 0.1) is 11.6 Å². The van der Waals surface area contributed by atoms with Crippen LogP contribution in [0.25, 0.3) is 22.4 Å². The second-order valence-electron chi connectivity index (χ2n) is 4.73. The molecule has 3 rings (SSSR count). The van der Waals surface area contributed by atoms with Crippen LogP contribution in [-0.4, -0.2) is 9.97 Å². The zero-order valence-electron chi connectivity index (χ0n) is 11.8. The molecule has 0 atom stereocenters. The van der Waals surface area contributed by atoms with Gasteiger partial charge in [0.1, 0.15) is 5.82 Å². The predicted octanol–water partition coefficient (Wildman–Crippen LogP) is 3.64. The molecule has 0 spiro atoms. The first-order chi connectivity index (χ1) is 11.1. The molecule has 23 heavy (non-hydrogen) atoms. The average Bonchev–Trinajstić information content (AvgIpc) is 2.58. The van der Waals surface area contributed by atoms with Crippen LogP contribution in [0.15, 0.2) is 53.7 Å². The summed E-state index contributed by atoms with van der Waals surface area (Å²) in [6, 6.07) is 9.93. The number of halogens is 2. The first kappa shape index (κ1) is 15.4. The average molecular weight is 330 g/mol. The molecule has 4 nitrogen and oxygen atoms in total. The Morgan fingerprint density at radius 2 is 1.52 bits per heavy atom. The van der Waals surface area contributed by atoms with E-state index in [1.807, 2.05) is 0 Å². The van der Waals surface area contributed by atoms with Crippen molar-refractivity contribution in [3.8, 4) is 22.4 Å². The molecule has 0 bridgehead atoms. The van der Waals surface area contributed by atoms with Crippen LogP contribution in [0.5, 0.6) is 0 Å². The predicted molar refractivity (Wildman–Crippen MR) is 87.3 cm³/mol. The number of aromatic nitrogens is 2. The normalized spacial score (nSPS) is 10.7. The smallest absolute Gasteiger partial charge is 0.168 e. The summed E-state index contributed by atoms with van der Waals surface area (Å²) in [5.74, 6) is -1.74. The SMILES string of the molecule is NSc1ccccc1-c1ccc(-c2cnc(N)cn2)c(F)c1F. The molecule has 0 radical (unpaired) electrons. The van der Waals surface area contributed by atoms with Gasteiger partial charge in [-0.1, -0.05) is 24.3 Å². The molecule has 0 aliphatic heterocycles. The molecule has 0 fully saturated rings. The summed E-state index contributed by atoms with van der Waals surface area (Å²) < 4.78 is 29.0. The topological polar surface area (TPSA) is 77.8 Å². The van der Waals surface area contributed by atoms with Crippen molar-refractivity contribution in [1.29, 1.82) is 0 Å². The van der Waals surface area contributed by atoms with E-state index in [0.29, 0.717) is 10.5 Å². The van der Waals surface area contributed by atoms with E-state index in [-0.39, 0.29) is 22.6 Å². The van der Waals surface area contributed by atoms with Gasteiger partial charge in [0.25, 0.3) is 0 Å². The van der Waals surface area contributed by atoms with Crippen LogP contribution in [0.1, 0.15) is 0 Å². The molecule has 1 heterocycles. The van der Waals surface area contributed by atoms with Gasteiger partial charge in [-0.3, -0.25) is 10.1 Å². The Morgan fingerprint density at radius 3 is 2.22 bits per heavy atom. The van der Waals surface area contributed by atoms with Gasteiger partial charge >= 0.3 is 0 Å². The lowest BCUT2D eigenvalue weighted by Gasteiger charge is -2.11. The van der Waals surface area contributed by atoms with Gasteiger partial charge in [0, 0.05) is 16.0 Å². The van der Waals surface area contributed by atoms with E-state index in [9.17, 15) is 8.78 Å². The van der Waals surface area contributed by atoms with Crippen molar-refractivity contribution in [2.24, 2.45) is 5.14 Å². The first-order valence-corrected chi connectivity index (χ1v) is 7.52. The van der Waals surface area contributed by atoms with Crippen molar-refractivity contribution in [3.05, 3.63) is 60.4 Å². The minimum atomic E-state index is -0.988. The zero-order chi connectivity index (χ0) is 16.4. The van der Waals surface area contributed by atoms with E-state index in [2.05, 4.69) is 9.97 Å². The highest BCUT2D eigenvalue weighted by Crippen LogP contribution is 2.34. The maximum atomic E-state index is 14.5. The zero-order valence-corrected chi connectivity index (χ0v) is 12.6.